The van der Waals surface area contributed by atoms with Crippen molar-refractivity contribution in [2.45, 2.75) is 20.0 Å². The summed E-state index contributed by atoms with van der Waals surface area (Å²) in [4.78, 5) is 20.2. The Balaban J connectivity index is 1.97. The average Bonchev–Trinajstić information content (AvgIpc) is 2.52. The van der Waals surface area contributed by atoms with Crippen LogP contribution >= 0.6 is 15.9 Å². The number of halogens is 1. The molecule has 0 saturated carbocycles. The van der Waals surface area contributed by atoms with Crippen molar-refractivity contribution in [3.05, 3.63) is 47.2 Å². The molecule has 1 heterocycles. The normalized spacial score (nSPS) is 11.8. The molecular formula is C15H17BrN4O2. The van der Waals surface area contributed by atoms with Crippen LogP contribution in [0.5, 0.6) is 5.75 Å². The van der Waals surface area contributed by atoms with Gasteiger partial charge in [-0.3, -0.25) is 15.6 Å². The third kappa shape index (κ3) is 4.70. The molecule has 1 aromatic carbocycles. The van der Waals surface area contributed by atoms with Crippen LogP contribution in [-0.2, 0) is 4.79 Å². The van der Waals surface area contributed by atoms with Gasteiger partial charge in [-0.25, -0.2) is 9.97 Å². The molecule has 0 spiro atoms. The smallest absolute Gasteiger partial charge is 0.279 e. The summed E-state index contributed by atoms with van der Waals surface area (Å²) in [5.41, 5.74) is 5.23. The van der Waals surface area contributed by atoms with Crippen molar-refractivity contribution < 1.29 is 9.53 Å². The van der Waals surface area contributed by atoms with Gasteiger partial charge in [-0.2, -0.15) is 0 Å². The first kappa shape index (κ1) is 16.2. The predicted molar refractivity (Wildman–Crippen MR) is 87.2 cm³/mol. The average molecular weight is 365 g/mol. The van der Waals surface area contributed by atoms with Crippen molar-refractivity contribution in [3.63, 3.8) is 0 Å². The first-order chi connectivity index (χ1) is 10.6. The number of rotatable bonds is 6. The lowest BCUT2D eigenvalue weighted by molar-refractivity contribution is -0.129. The molecule has 2 aromatic rings. The minimum absolute atomic E-state index is 0.00198. The van der Waals surface area contributed by atoms with E-state index in [-0.39, 0.29) is 11.8 Å². The minimum atomic E-state index is -0.627. The quantitative estimate of drug-likeness (QED) is 0.770. The summed E-state index contributed by atoms with van der Waals surface area (Å²) in [7, 11) is 0. The van der Waals surface area contributed by atoms with Gasteiger partial charge in [-0.1, -0.05) is 29.8 Å². The first-order valence-electron chi connectivity index (χ1n) is 6.81. The topological polar surface area (TPSA) is 76.1 Å². The number of aromatic nitrogens is 2. The van der Waals surface area contributed by atoms with Crippen molar-refractivity contribution in [1.82, 2.24) is 15.4 Å². The monoisotopic (exact) mass is 364 g/mol. The van der Waals surface area contributed by atoms with E-state index in [0.29, 0.717) is 11.7 Å². The van der Waals surface area contributed by atoms with Crippen LogP contribution in [0.4, 0.5) is 5.95 Å². The maximum Gasteiger partial charge on any atom is 0.279 e. The fourth-order valence-corrected chi connectivity index (χ4v) is 1.97. The molecule has 7 heteroatoms. The molecule has 116 valence electrons. The van der Waals surface area contributed by atoms with Gasteiger partial charge in [-0.15, -0.1) is 0 Å². The summed E-state index contributed by atoms with van der Waals surface area (Å²) in [6.45, 7) is 3.84. The molecule has 6 nitrogen and oxygen atoms in total. The number of nitrogens with zero attached hydrogens (tertiary/aromatic N) is 2. The zero-order valence-electron chi connectivity index (χ0n) is 12.3. The lowest BCUT2D eigenvalue weighted by Crippen LogP contribution is -2.44. The van der Waals surface area contributed by atoms with Crippen LogP contribution in [0.25, 0.3) is 0 Å². The summed E-state index contributed by atoms with van der Waals surface area (Å²) >= 11 is 3.36. The number of nitrogens with one attached hydrogen (secondary N) is 2. The molecule has 0 fully saturated rings. The van der Waals surface area contributed by atoms with Gasteiger partial charge in [-0.05, 0) is 36.2 Å². The number of carbonyl (C=O) groups is 1. The van der Waals surface area contributed by atoms with Crippen molar-refractivity contribution in [2.75, 3.05) is 5.43 Å². The van der Waals surface area contributed by atoms with Crippen LogP contribution in [0, 0.1) is 5.92 Å². The Bertz CT molecular complexity index is 605. The van der Waals surface area contributed by atoms with Gasteiger partial charge in [0.1, 0.15) is 5.75 Å². The van der Waals surface area contributed by atoms with E-state index in [0.717, 1.165) is 4.47 Å². The summed E-state index contributed by atoms with van der Waals surface area (Å²) in [6.07, 6.45) is 2.54. The standard InChI is InChI=1S/C15H17BrN4O2/c1-10(2)13(22-12-6-4-11(16)5-7-12)14(21)19-20-15-17-8-3-9-18-15/h3-10,13H,1-2H3,(H,19,21)(H,17,18,20). The molecule has 22 heavy (non-hydrogen) atoms. The van der Waals surface area contributed by atoms with Crippen LogP contribution in [0.2, 0.25) is 0 Å². The summed E-state index contributed by atoms with van der Waals surface area (Å²) < 4.78 is 6.72. The van der Waals surface area contributed by atoms with Crippen molar-refractivity contribution >= 4 is 27.8 Å². The largest absolute Gasteiger partial charge is 0.480 e. The summed E-state index contributed by atoms with van der Waals surface area (Å²) in [5, 5.41) is 0. The molecule has 0 aliphatic carbocycles. The zero-order chi connectivity index (χ0) is 15.9. The maximum atomic E-state index is 12.3. The Morgan fingerprint density at radius 3 is 2.41 bits per heavy atom. The van der Waals surface area contributed by atoms with Gasteiger partial charge < -0.3 is 4.74 Å². The third-order valence-electron chi connectivity index (χ3n) is 2.80. The van der Waals surface area contributed by atoms with Crippen LogP contribution in [0.15, 0.2) is 47.2 Å². The van der Waals surface area contributed by atoms with E-state index in [1.54, 1.807) is 30.6 Å². The number of hydrogen-bond acceptors (Lipinski definition) is 5. The molecule has 1 amide bonds. The Morgan fingerprint density at radius 1 is 1.18 bits per heavy atom. The van der Waals surface area contributed by atoms with E-state index in [4.69, 9.17) is 4.74 Å². The van der Waals surface area contributed by atoms with Crippen molar-refractivity contribution in [3.8, 4) is 5.75 Å². The minimum Gasteiger partial charge on any atom is -0.480 e. The van der Waals surface area contributed by atoms with Gasteiger partial charge in [0.05, 0.1) is 0 Å². The number of anilines is 1. The van der Waals surface area contributed by atoms with E-state index in [1.807, 2.05) is 26.0 Å². The second-order valence-electron chi connectivity index (χ2n) is 4.92. The fourth-order valence-electron chi connectivity index (χ4n) is 1.70. The van der Waals surface area contributed by atoms with Crippen LogP contribution < -0.4 is 15.6 Å². The van der Waals surface area contributed by atoms with E-state index in [9.17, 15) is 4.79 Å². The van der Waals surface area contributed by atoms with Crippen LogP contribution in [0.3, 0.4) is 0 Å². The number of benzene rings is 1. The first-order valence-corrected chi connectivity index (χ1v) is 7.60. The number of ether oxygens (including phenoxy) is 1. The molecule has 1 unspecified atom stereocenters. The second kappa shape index (κ2) is 7.74. The zero-order valence-corrected chi connectivity index (χ0v) is 13.9. The number of carbonyl (C=O) groups excluding carboxylic acids is 1. The van der Waals surface area contributed by atoms with Crippen molar-refractivity contribution in [1.29, 1.82) is 0 Å². The summed E-state index contributed by atoms with van der Waals surface area (Å²) in [5.74, 6) is 0.669. The molecule has 0 radical (unpaired) electrons. The van der Waals surface area contributed by atoms with Gasteiger partial charge >= 0.3 is 0 Å². The molecule has 0 saturated heterocycles. The van der Waals surface area contributed by atoms with Gasteiger partial charge in [0.25, 0.3) is 5.91 Å². The Kier molecular flexibility index (Phi) is 5.71. The molecule has 2 N–H and O–H groups in total. The number of amides is 1. The number of hydrogen-bond donors (Lipinski definition) is 2. The lowest BCUT2D eigenvalue weighted by Gasteiger charge is -2.22. The second-order valence-corrected chi connectivity index (χ2v) is 5.84. The Hall–Kier alpha value is -2.15. The van der Waals surface area contributed by atoms with Crippen LogP contribution in [-0.4, -0.2) is 22.0 Å². The van der Waals surface area contributed by atoms with E-state index in [1.165, 1.54) is 0 Å². The molecular weight excluding hydrogens is 348 g/mol. The fraction of sp³-hybridized carbons (Fsp3) is 0.267. The highest BCUT2D eigenvalue weighted by Crippen LogP contribution is 2.19. The molecule has 0 bridgehead atoms. The number of hydrazine groups is 1. The van der Waals surface area contributed by atoms with Gasteiger partial charge in [0.15, 0.2) is 6.10 Å². The van der Waals surface area contributed by atoms with E-state index >= 15 is 0 Å². The SMILES string of the molecule is CC(C)C(Oc1ccc(Br)cc1)C(=O)NNc1ncccn1. The van der Waals surface area contributed by atoms with Crippen molar-refractivity contribution in [2.24, 2.45) is 5.92 Å². The highest BCUT2D eigenvalue weighted by Gasteiger charge is 2.24. The highest BCUT2D eigenvalue weighted by molar-refractivity contribution is 9.10. The van der Waals surface area contributed by atoms with E-state index < -0.39 is 6.10 Å². The predicted octanol–water partition coefficient (Wildman–Crippen LogP) is 2.79. The molecule has 1 aromatic heterocycles. The maximum absolute atomic E-state index is 12.3. The van der Waals surface area contributed by atoms with Gasteiger partial charge in [0.2, 0.25) is 5.95 Å². The molecule has 0 aliphatic rings. The third-order valence-corrected chi connectivity index (χ3v) is 3.33. The van der Waals surface area contributed by atoms with Gasteiger partial charge in [0, 0.05) is 16.9 Å². The lowest BCUT2D eigenvalue weighted by atomic mass is 10.1. The highest BCUT2D eigenvalue weighted by atomic mass is 79.9. The Labute approximate surface area is 137 Å². The molecule has 2 rings (SSSR count). The van der Waals surface area contributed by atoms with Crippen LogP contribution in [0.1, 0.15) is 13.8 Å². The Morgan fingerprint density at radius 2 is 1.82 bits per heavy atom. The molecule has 0 aliphatic heterocycles. The molecule has 1 atom stereocenters. The van der Waals surface area contributed by atoms with E-state index in [2.05, 4.69) is 36.7 Å². The summed E-state index contributed by atoms with van der Waals surface area (Å²) in [6, 6.07) is 9.03.